The number of furan rings is 1. The van der Waals surface area contributed by atoms with Gasteiger partial charge in [-0.15, -0.1) is 0 Å². The number of carbonyl (C=O) groups is 1. The fourth-order valence-electron chi connectivity index (χ4n) is 2.38. The van der Waals surface area contributed by atoms with Crippen LogP contribution in [0.15, 0.2) is 57.4 Å². The van der Waals surface area contributed by atoms with E-state index >= 15 is 0 Å². The zero-order valence-corrected chi connectivity index (χ0v) is 14.8. The number of hydrogen-bond acceptors (Lipinski definition) is 3. The summed E-state index contributed by atoms with van der Waals surface area (Å²) in [5, 5.41) is 0.902. The second kappa shape index (κ2) is 6.08. The Morgan fingerprint density at radius 2 is 1.61 bits per heavy atom. The average Bonchev–Trinajstić information content (AvgIpc) is 2.96. The minimum atomic E-state index is -0.171. The Labute approximate surface area is 143 Å². The lowest BCUT2D eigenvalue weighted by atomic mass is 10.2. The van der Waals surface area contributed by atoms with E-state index in [1.807, 2.05) is 61.5 Å². The van der Waals surface area contributed by atoms with Crippen LogP contribution < -0.4 is 9.80 Å². The molecular weight excluding hydrogens is 356 g/mol. The smallest absolute Gasteiger partial charge is 0.293 e. The summed E-state index contributed by atoms with van der Waals surface area (Å²) >= 11 is 3.42. The zero-order valence-electron chi connectivity index (χ0n) is 13.2. The van der Waals surface area contributed by atoms with Crippen molar-refractivity contribution >= 4 is 44.2 Å². The number of benzene rings is 2. The SMILES string of the molecule is CN(C)c1ccc(N(C)C(=O)c2cc3cc(Br)ccc3o2)cc1. The third-order valence-corrected chi connectivity index (χ3v) is 4.24. The fraction of sp³-hybridized carbons (Fsp3) is 0.167. The van der Waals surface area contributed by atoms with Crippen LogP contribution in [0.25, 0.3) is 11.0 Å². The van der Waals surface area contributed by atoms with E-state index in [2.05, 4.69) is 15.9 Å². The van der Waals surface area contributed by atoms with Crippen LogP contribution in [0.4, 0.5) is 11.4 Å². The summed E-state index contributed by atoms with van der Waals surface area (Å²) in [4.78, 5) is 16.2. The van der Waals surface area contributed by atoms with Crippen LogP contribution in [0.1, 0.15) is 10.6 Å². The molecule has 1 heterocycles. The standard InChI is InChI=1S/C18H17BrN2O2/c1-20(2)14-5-7-15(8-6-14)21(3)18(22)17-11-12-10-13(19)4-9-16(12)23-17/h4-11H,1-3H3. The first kappa shape index (κ1) is 15.6. The molecule has 3 rings (SSSR count). The number of rotatable bonds is 3. The normalized spacial score (nSPS) is 10.8. The van der Waals surface area contributed by atoms with E-state index in [-0.39, 0.29) is 5.91 Å². The predicted molar refractivity (Wildman–Crippen MR) is 97.4 cm³/mol. The number of nitrogens with zero attached hydrogens (tertiary/aromatic N) is 2. The van der Waals surface area contributed by atoms with Gasteiger partial charge in [-0.2, -0.15) is 0 Å². The number of halogens is 1. The quantitative estimate of drug-likeness (QED) is 0.677. The Kier molecular flexibility index (Phi) is 4.13. The lowest BCUT2D eigenvalue weighted by Crippen LogP contribution is -2.25. The van der Waals surface area contributed by atoms with Crippen LogP contribution in [0, 0.1) is 0 Å². The molecule has 0 saturated carbocycles. The molecule has 2 aromatic carbocycles. The van der Waals surface area contributed by atoms with Gasteiger partial charge in [0.15, 0.2) is 5.76 Å². The van der Waals surface area contributed by atoms with Gasteiger partial charge in [0.1, 0.15) is 5.58 Å². The van der Waals surface area contributed by atoms with Crippen molar-refractivity contribution in [2.75, 3.05) is 30.9 Å². The van der Waals surface area contributed by atoms with Gasteiger partial charge < -0.3 is 14.2 Å². The van der Waals surface area contributed by atoms with Gasteiger partial charge in [-0.1, -0.05) is 15.9 Å². The Morgan fingerprint density at radius 3 is 2.26 bits per heavy atom. The minimum absolute atomic E-state index is 0.171. The lowest BCUT2D eigenvalue weighted by molar-refractivity contribution is 0.0968. The van der Waals surface area contributed by atoms with Crippen molar-refractivity contribution in [1.82, 2.24) is 0 Å². The molecule has 0 aliphatic rings. The van der Waals surface area contributed by atoms with E-state index < -0.39 is 0 Å². The maximum absolute atomic E-state index is 12.6. The molecule has 0 N–H and O–H groups in total. The molecule has 0 atom stereocenters. The summed E-state index contributed by atoms with van der Waals surface area (Å²) in [6, 6.07) is 15.3. The summed E-state index contributed by atoms with van der Waals surface area (Å²) < 4.78 is 6.63. The molecule has 0 saturated heterocycles. The van der Waals surface area contributed by atoms with Crippen molar-refractivity contribution < 1.29 is 9.21 Å². The Morgan fingerprint density at radius 1 is 0.957 bits per heavy atom. The maximum Gasteiger partial charge on any atom is 0.293 e. The summed E-state index contributed by atoms with van der Waals surface area (Å²) in [6.07, 6.45) is 0. The van der Waals surface area contributed by atoms with Crippen molar-refractivity contribution in [2.45, 2.75) is 0 Å². The molecule has 118 valence electrons. The molecule has 0 spiro atoms. The number of fused-ring (bicyclic) bond motifs is 1. The van der Waals surface area contributed by atoms with Gasteiger partial charge in [-0.25, -0.2) is 0 Å². The molecule has 5 heteroatoms. The van der Waals surface area contributed by atoms with Crippen molar-refractivity contribution in [3.8, 4) is 0 Å². The van der Waals surface area contributed by atoms with Gasteiger partial charge in [-0.3, -0.25) is 4.79 Å². The van der Waals surface area contributed by atoms with Crippen LogP contribution >= 0.6 is 15.9 Å². The van der Waals surface area contributed by atoms with Gasteiger partial charge in [0.25, 0.3) is 5.91 Å². The molecule has 0 bridgehead atoms. The van der Waals surface area contributed by atoms with Gasteiger partial charge in [-0.05, 0) is 48.5 Å². The van der Waals surface area contributed by atoms with Crippen molar-refractivity contribution in [3.63, 3.8) is 0 Å². The first-order chi connectivity index (χ1) is 11.0. The third kappa shape index (κ3) is 3.10. The largest absolute Gasteiger partial charge is 0.451 e. The van der Waals surface area contributed by atoms with E-state index in [0.717, 1.165) is 21.2 Å². The van der Waals surface area contributed by atoms with E-state index in [0.29, 0.717) is 11.3 Å². The second-order valence-corrected chi connectivity index (χ2v) is 6.48. The third-order valence-electron chi connectivity index (χ3n) is 3.75. The van der Waals surface area contributed by atoms with Crippen molar-refractivity contribution in [3.05, 3.63) is 58.8 Å². The van der Waals surface area contributed by atoms with Crippen LogP contribution in [0.3, 0.4) is 0 Å². The van der Waals surface area contributed by atoms with Gasteiger partial charge in [0.2, 0.25) is 0 Å². The molecule has 0 unspecified atom stereocenters. The predicted octanol–water partition coefficient (Wildman–Crippen LogP) is 4.54. The van der Waals surface area contributed by atoms with Gasteiger partial charge in [0, 0.05) is 42.4 Å². The summed E-state index contributed by atoms with van der Waals surface area (Å²) in [6.45, 7) is 0. The maximum atomic E-state index is 12.6. The van der Waals surface area contributed by atoms with Crippen LogP contribution in [0.5, 0.6) is 0 Å². The highest BCUT2D eigenvalue weighted by Crippen LogP contribution is 2.25. The van der Waals surface area contributed by atoms with Gasteiger partial charge >= 0.3 is 0 Å². The topological polar surface area (TPSA) is 36.7 Å². The average molecular weight is 373 g/mol. The highest BCUT2D eigenvalue weighted by Gasteiger charge is 2.18. The molecule has 23 heavy (non-hydrogen) atoms. The highest BCUT2D eigenvalue weighted by atomic mass is 79.9. The molecular formula is C18H17BrN2O2. The number of carbonyl (C=O) groups excluding carboxylic acids is 1. The van der Waals surface area contributed by atoms with Crippen LogP contribution in [-0.2, 0) is 0 Å². The fourth-order valence-corrected chi connectivity index (χ4v) is 2.76. The zero-order chi connectivity index (χ0) is 16.6. The lowest BCUT2D eigenvalue weighted by Gasteiger charge is -2.18. The minimum Gasteiger partial charge on any atom is -0.451 e. The van der Waals surface area contributed by atoms with Crippen molar-refractivity contribution in [1.29, 1.82) is 0 Å². The van der Waals surface area contributed by atoms with E-state index in [1.54, 1.807) is 18.0 Å². The molecule has 0 aliphatic heterocycles. The summed E-state index contributed by atoms with van der Waals surface area (Å²) in [7, 11) is 5.71. The molecule has 4 nitrogen and oxygen atoms in total. The molecule has 0 aliphatic carbocycles. The Bertz CT molecular complexity index is 853. The van der Waals surface area contributed by atoms with E-state index in [1.165, 1.54) is 0 Å². The molecule has 1 aromatic heterocycles. The number of amides is 1. The number of hydrogen-bond donors (Lipinski definition) is 0. The summed E-state index contributed by atoms with van der Waals surface area (Å²) in [5.41, 5.74) is 2.61. The van der Waals surface area contributed by atoms with E-state index in [9.17, 15) is 4.79 Å². The first-order valence-corrected chi connectivity index (χ1v) is 7.99. The molecule has 1 amide bonds. The Balaban J connectivity index is 1.88. The molecule has 0 radical (unpaired) electrons. The monoisotopic (exact) mass is 372 g/mol. The summed E-state index contributed by atoms with van der Waals surface area (Å²) in [5.74, 6) is 0.159. The van der Waals surface area contributed by atoms with Gasteiger partial charge in [0.05, 0.1) is 0 Å². The highest BCUT2D eigenvalue weighted by molar-refractivity contribution is 9.10. The Hall–Kier alpha value is -2.27. The molecule has 3 aromatic rings. The van der Waals surface area contributed by atoms with Crippen molar-refractivity contribution in [2.24, 2.45) is 0 Å². The van der Waals surface area contributed by atoms with Crippen LogP contribution in [-0.4, -0.2) is 27.1 Å². The molecule has 0 fully saturated rings. The van der Waals surface area contributed by atoms with Crippen LogP contribution in [0.2, 0.25) is 0 Å². The number of anilines is 2. The first-order valence-electron chi connectivity index (χ1n) is 7.20. The van der Waals surface area contributed by atoms with E-state index in [4.69, 9.17) is 4.42 Å². The second-order valence-electron chi connectivity index (χ2n) is 5.57.